The zero-order valence-corrected chi connectivity index (χ0v) is 8.46. The first-order valence-electron chi connectivity index (χ1n) is 4.70. The Bertz CT molecular complexity index is 465. The minimum Gasteiger partial charge on any atom is -0.505 e. The van der Waals surface area contributed by atoms with Gasteiger partial charge in [0.25, 0.3) is 0 Å². The highest BCUT2D eigenvalue weighted by Gasteiger charge is 2.19. The Kier molecular flexibility index (Phi) is 2.70. The van der Waals surface area contributed by atoms with Gasteiger partial charge < -0.3 is 15.5 Å². The van der Waals surface area contributed by atoms with Gasteiger partial charge in [-0.1, -0.05) is 12.6 Å². The summed E-state index contributed by atoms with van der Waals surface area (Å²) in [5.74, 6) is -0.0532. The van der Waals surface area contributed by atoms with E-state index in [1.807, 2.05) is 6.07 Å². The third-order valence-corrected chi connectivity index (χ3v) is 2.13. The van der Waals surface area contributed by atoms with Gasteiger partial charge in [-0.25, -0.2) is 4.99 Å². The SMILES string of the molecule is C=C(O)C1=NC(O)C(c2ccccn2)=CN1. The van der Waals surface area contributed by atoms with Crippen LogP contribution >= 0.6 is 0 Å². The van der Waals surface area contributed by atoms with Crippen molar-refractivity contribution in [3.05, 3.63) is 48.6 Å². The number of amidine groups is 1. The summed E-state index contributed by atoms with van der Waals surface area (Å²) in [5, 5.41) is 21.6. The number of nitrogens with zero attached hydrogens (tertiary/aromatic N) is 2. The summed E-state index contributed by atoms with van der Waals surface area (Å²) in [6.45, 7) is 3.32. The number of hydrogen-bond acceptors (Lipinski definition) is 5. The molecule has 0 aromatic carbocycles. The van der Waals surface area contributed by atoms with Crippen LogP contribution in [0.25, 0.3) is 5.57 Å². The average molecular weight is 217 g/mol. The minimum absolute atomic E-state index is 0.159. The molecule has 0 bridgehead atoms. The van der Waals surface area contributed by atoms with E-state index in [0.717, 1.165) is 0 Å². The predicted octanol–water partition coefficient (Wildman–Crippen LogP) is 0.814. The van der Waals surface area contributed by atoms with Gasteiger partial charge in [-0.3, -0.25) is 4.98 Å². The van der Waals surface area contributed by atoms with E-state index in [4.69, 9.17) is 5.11 Å². The fraction of sp³-hybridized carbons (Fsp3) is 0.0909. The number of hydrogen-bond donors (Lipinski definition) is 3. The van der Waals surface area contributed by atoms with Gasteiger partial charge in [-0.15, -0.1) is 0 Å². The van der Waals surface area contributed by atoms with Crippen molar-refractivity contribution in [1.82, 2.24) is 10.3 Å². The first-order valence-corrected chi connectivity index (χ1v) is 4.70. The lowest BCUT2D eigenvalue weighted by atomic mass is 10.1. The van der Waals surface area contributed by atoms with Crippen LogP contribution in [0.4, 0.5) is 0 Å². The molecular formula is C11H11N3O2. The molecule has 82 valence electrons. The van der Waals surface area contributed by atoms with Crippen LogP contribution in [0.3, 0.4) is 0 Å². The number of aliphatic hydroxyl groups is 2. The van der Waals surface area contributed by atoms with Crippen molar-refractivity contribution < 1.29 is 10.2 Å². The van der Waals surface area contributed by atoms with Gasteiger partial charge in [-0.2, -0.15) is 0 Å². The van der Waals surface area contributed by atoms with Crippen molar-refractivity contribution in [2.24, 2.45) is 4.99 Å². The van der Waals surface area contributed by atoms with E-state index in [9.17, 15) is 5.11 Å². The van der Waals surface area contributed by atoms with E-state index in [1.54, 1.807) is 24.5 Å². The van der Waals surface area contributed by atoms with Gasteiger partial charge in [0.2, 0.25) is 0 Å². The predicted molar refractivity (Wildman–Crippen MR) is 60.6 cm³/mol. The van der Waals surface area contributed by atoms with Crippen LogP contribution in [-0.2, 0) is 0 Å². The van der Waals surface area contributed by atoms with Crippen molar-refractivity contribution in [2.75, 3.05) is 0 Å². The molecule has 1 unspecified atom stereocenters. The number of aliphatic imine (C=N–C) groups is 1. The third-order valence-electron chi connectivity index (χ3n) is 2.13. The van der Waals surface area contributed by atoms with Gasteiger partial charge in [-0.05, 0) is 12.1 Å². The number of rotatable bonds is 2. The minimum atomic E-state index is -1.05. The van der Waals surface area contributed by atoms with Gasteiger partial charge in [0.05, 0.1) is 5.69 Å². The molecule has 3 N–H and O–H groups in total. The van der Waals surface area contributed by atoms with E-state index in [2.05, 4.69) is 21.9 Å². The number of nitrogens with one attached hydrogen (secondary N) is 1. The van der Waals surface area contributed by atoms with Gasteiger partial charge in [0.1, 0.15) is 0 Å². The highest BCUT2D eigenvalue weighted by atomic mass is 16.3. The maximum Gasteiger partial charge on any atom is 0.177 e. The average Bonchev–Trinajstić information content (AvgIpc) is 2.30. The van der Waals surface area contributed by atoms with Crippen molar-refractivity contribution >= 4 is 11.4 Å². The lowest BCUT2D eigenvalue weighted by Crippen LogP contribution is -2.28. The van der Waals surface area contributed by atoms with Gasteiger partial charge in [0, 0.05) is 18.0 Å². The molecule has 0 fully saturated rings. The molecule has 16 heavy (non-hydrogen) atoms. The molecule has 0 amide bonds. The van der Waals surface area contributed by atoms with Crippen LogP contribution in [0, 0.1) is 0 Å². The first-order chi connectivity index (χ1) is 7.68. The second-order valence-electron chi connectivity index (χ2n) is 3.26. The Hall–Kier alpha value is -2.14. The van der Waals surface area contributed by atoms with Crippen LogP contribution in [0.5, 0.6) is 0 Å². The highest BCUT2D eigenvalue weighted by molar-refractivity contribution is 5.98. The Labute approximate surface area is 92.5 Å². The van der Waals surface area contributed by atoms with Crippen molar-refractivity contribution in [3.63, 3.8) is 0 Å². The number of aromatic nitrogens is 1. The fourth-order valence-corrected chi connectivity index (χ4v) is 1.35. The molecule has 0 spiro atoms. The summed E-state index contributed by atoms with van der Waals surface area (Å²) in [4.78, 5) is 7.94. The summed E-state index contributed by atoms with van der Waals surface area (Å²) in [5.41, 5.74) is 1.18. The summed E-state index contributed by atoms with van der Waals surface area (Å²) in [6.07, 6.45) is 2.14. The molecule has 1 aromatic rings. The van der Waals surface area contributed by atoms with E-state index in [1.165, 1.54) is 0 Å². The van der Waals surface area contributed by atoms with Crippen molar-refractivity contribution in [1.29, 1.82) is 0 Å². The Morgan fingerprint density at radius 3 is 2.81 bits per heavy atom. The quantitative estimate of drug-likeness (QED) is 0.641. The first kappa shape index (κ1) is 10.4. The fourth-order valence-electron chi connectivity index (χ4n) is 1.35. The summed E-state index contributed by atoms with van der Waals surface area (Å²) in [7, 11) is 0. The number of pyridine rings is 1. The zero-order valence-electron chi connectivity index (χ0n) is 8.46. The summed E-state index contributed by atoms with van der Waals surface area (Å²) < 4.78 is 0. The van der Waals surface area contributed by atoms with E-state index in [0.29, 0.717) is 11.3 Å². The smallest absolute Gasteiger partial charge is 0.177 e. The molecule has 0 saturated carbocycles. The zero-order chi connectivity index (χ0) is 11.5. The lowest BCUT2D eigenvalue weighted by molar-refractivity contribution is 0.239. The highest BCUT2D eigenvalue weighted by Crippen LogP contribution is 2.19. The maximum absolute atomic E-state index is 9.75. The number of aliphatic hydroxyl groups excluding tert-OH is 2. The van der Waals surface area contributed by atoms with Crippen molar-refractivity contribution in [3.8, 4) is 0 Å². The molecule has 0 saturated heterocycles. The summed E-state index contributed by atoms with van der Waals surface area (Å²) >= 11 is 0. The molecule has 1 atom stereocenters. The molecule has 1 aliphatic heterocycles. The normalized spacial score (nSPS) is 19.4. The second-order valence-corrected chi connectivity index (χ2v) is 3.26. The maximum atomic E-state index is 9.75. The molecule has 5 nitrogen and oxygen atoms in total. The van der Waals surface area contributed by atoms with Gasteiger partial charge >= 0.3 is 0 Å². The van der Waals surface area contributed by atoms with Crippen LogP contribution in [-0.4, -0.2) is 27.3 Å². The second kappa shape index (κ2) is 4.16. The van der Waals surface area contributed by atoms with Crippen LogP contribution in [0.15, 0.2) is 47.9 Å². The largest absolute Gasteiger partial charge is 0.505 e. The molecule has 2 heterocycles. The molecule has 0 radical (unpaired) electrons. The molecule has 0 aliphatic carbocycles. The Balaban J connectivity index is 2.26. The Morgan fingerprint density at radius 2 is 2.25 bits per heavy atom. The molecule has 2 rings (SSSR count). The van der Waals surface area contributed by atoms with Crippen molar-refractivity contribution in [2.45, 2.75) is 6.23 Å². The molecule has 1 aliphatic rings. The van der Waals surface area contributed by atoms with Gasteiger partial charge in [0.15, 0.2) is 17.8 Å². The third kappa shape index (κ3) is 1.94. The van der Waals surface area contributed by atoms with E-state index >= 15 is 0 Å². The lowest BCUT2D eigenvalue weighted by Gasteiger charge is -2.18. The van der Waals surface area contributed by atoms with E-state index in [-0.39, 0.29) is 11.6 Å². The molecule has 5 heteroatoms. The Morgan fingerprint density at radius 1 is 1.44 bits per heavy atom. The monoisotopic (exact) mass is 217 g/mol. The van der Waals surface area contributed by atoms with E-state index < -0.39 is 6.23 Å². The standard InChI is InChI=1S/C11H11N3O2/c1-7(15)10-13-6-8(11(16)14-10)9-4-2-3-5-12-9/h2-6,11,15-16H,1H2,(H,13,14). The van der Waals surface area contributed by atoms with Crippen LogP contribution in [0.2, 0.25) is 0 Å². The van der Waals surface area contributed by atoms with Crippen LogP contribution in [0.1, 0.15) is 5.69 Å². The topological polar surface area (TPSA) is 77.7 Å². The summed E-state index contributed by atoms with van der Waals surface area (Å²) in [6, 6.07) is 5.38. The molecule has 1 aromatic heterocycles. The molecular weight excluding hydrogens is 206 g/mol. The van der Waals surface area contributed by atoms with Crippen LogP contribution < -0.4 is 5.32 Å².